The van der Waals surface area contributed by atoms with Gasteiger partial charge < -0.3 is 10.1 Å². The zero-order chi connectivity index (χ0) is 14.8. The van der Waals surface area contributed by atoms with Crippen LogP contribution in [0.4, 0.5) is 5.69 Å². The normalized spacial score (nSPS) is 10.5. The van der Waals surface area contributed by atoms with Gasteiger partial charge in [0, 0.05) is 24.2 Å². The fourth-order valence-electron chi connectivity index (χ4n) is 1.89. The van der Waals surface area contributed by atoms with Gasteiger partial charge in [-0.2, -0.15) is 0 Å². The molecule has 0 unspecified atom stereocenters. The van der Waals surface area contributed by atoms with Crippen molar-refractivity contribution in [2.24, 2.45) is 0 Å². The van der Waals surface area contributed by atoms with E-state index in [2.05, 4.69) is 19.2 Å². The molecule has 1 rings (SSSR count). The molecule has 0 fully saturated rings. The number of non-ortho nitro benzene ring substituents is 1. The molecule has 0 amide bonds. The van der Waals surface area contributed by atoms with E-state index in [0.29, 0.717) is 13.2 Å². The summed E-state index contributed by atoms with van der Waals surface area (Å²) in [5.74, 6) is 0.746. The van der Waals surface area contributed by atoms with Gasteiger partial charge >= 0.3 is 0 Å². The van der Waals surface area contributed by atoms with Gasteiger partial charge in [-0.25, -0.2) is 0 Å². The van der Waals surface area contributed by atoms with E-state index in [9.17, 15) is 10.1 Å². The van der Waals surface area contributed by atoms with Crippen LogP contribution in [0.25, 0.3) is 0 Å². The molecule has 0 spiro atoms. The molecule has 0 aliphatic heterocycles. The van der Waals surface area contributed by atoms with Gasteiger partial charge in [0.25, 0.3) is 5.69 Å². The minimum absolute atomic E-state index is 0.110. The fourth-order valence-corrected chi connectivity index (χ4v) is 1.89. The molecule has 0 atom stereocenters. The van der Waals surface area contributed by atoms with Crippen molar-refractivity contribution in [3.05, 3.63) is 33.9 Å². The van der Waals surface area contributed by atoms with Gasteiger partial charge in [-0.15, -0.1) is 0 Å². The van der Waals surface area contributed by atoms with Crippen LogP contribution in [0, 0.1) is 10.1 Å². The molecule has 0 aromatic heterocycles. The molecule has 20 heavy (non-hydrogen) atoms. The molecular formula is C15H24N2O3. The number of nitro groups is 1. The Hall–Kier alpha value is -1.62. The Morgan fingerprint density at radius 3 is 2.70 bits per heavy atom. The minimum atomic E-state index is -0.371. The number of hydrogen-bond acceptors (Lipinski definition) is 4. The first kappa shape index (κ1) is 16.4. The van der Waals surface area contributed by atoms with Crippen LogP contribution in [0.5, 0.6) is 5.75 Å². The van der Waals surface area contributed by atoms with Gasteiger partial charge in [0.15, 0.2) is 0 Å². The summed E-state index contributed by atoms with van der Waals surface area (Å²) in [6.07, 6.45) is 4.32. The van der Waals surface area contributed by atoms with E-state index in [1.54, 1.807) is 12.1 Å². The highest BCUT2D eigenvalue weighted by molar-refractivity contribution is 5.43. The van der Waals surface area contributed by atoms with Crippen LogP contribution >= 0.6 is 0 Å². The van der Waals surface area contributed by atoms with Crippen LogP contribution < -0.4 is 10.1 Å². The Kier molecular flexibility index (Phi) is 7.65. The number of unbranched alkanes of at least 4 members (excludes halogenated alkanes) is 2. The highest BCUT2D eigenvalue weighted by Crippen LogP contribution is 2.24. The maximum atomic E-state index is 10.8. The third-order valence-corrected chi connectivity index (χ3v) is 3.00. The first-order valence-electron chi connectivity index (χ1n) is 7.29. The van der Waals surface area contributed by atoms with Crippen molar-refractivity contribution in [3.63, 3.8) is 0 Å². The summed E-state index contributed by atoms with van der Waals surface area (Å²) in [5, 5.41) is 14.1. The molecule has 0 saturated heterocycles. The molecule has 0 radical (unpaired) electrons. The molecule has 5 heteroatoms. The van der Waals surface area contributed by atoms with Crippen LogP contribution in [0.2, 0.25) is 0 Å². The van der Waals surface area contributed by atoms with Crippen molar-refractivity contribution < 1.29 is 9.66 Å². The number of benzene rings is 1. The average Bonchev–Trinajstić information content (AvgIpc) is 2.44. The number of hydrogen-bond donors (Lipinski definition) is 1. The van der Waals surface area contributed by atoms with Crippen molar-refractivity contribution in [3.8, 4) is 5.75 Å². The average molecular weight is 280 g/mol. The summed E-state index contributed by atoms with van der Waals surface area (Å²) in [7, 11) is 0. The summed E-state index contributed by atoms with van der Waals surface area (Å²) in [6.45, 7) is 6.37. The van der Waals surface area contributed by atoms with Gasteiger partial charge in [0.1, 0.15) is 5.75 Å². The molecule has 1 aromatic carbocycles. The number of nitro benzene ring substituents is 1. The highest BCUT2D eigenvalue weighted by Gasteiger charge is 2.11. The van der Waals surface area contributed by atoms with Crippen molar-refractivity contribution in [2.75, 3.05) is 13.2 Å². The van der Waals surface area contributed by atoms with Gasteiger partial charge in [-0.3, -0.25) is 10.1 Å². The maximum absolute atomic E-state index is 10.8. The number of nitrogens with zero attached hydrogens (tertiary/aromatic N) is 1. The van der Waals surface area contributed by atoms with Crippen LogP contribution in [-0.2, 0) is 6.54 Å². The Morgan fingerprint density at radius 2 is 2.05 bits per heavy atom. The summed E-state index contributed by atoms with van der Waals surface area (Å²) < 4.78 is 5.74. The van der Waals surface area contributed by atoms with Crippen LogP contribution in [0.15, 0.2) is 18.2 Å². The first-order valence-corrected chi connectivity index (χ1v) is 7.29. The maximum Gasteiger partial charge on any atom is 0.270 e. The summed E-state index contributed by atoms with van der Waals surface area (Å²) in [5.41, 5.74) is 0.961. The summed E-state index contributed by atoms with van der Waals surface area (Å²) in [6, 6.07) is 4.79. The monoisotopic (exact) mass is 280 g/mol. The second kappa shape index (κ2) is 9.31. The van der Waals surface area contributed by atoms with E-state index in [4.69, 9.17) is 4.74 Å². The second-order valence-corrected chi connectivity index (χ2v) is 4.78. The van der Waals surface area contributed by atoms with Crippen molar-refractivity contribution in [1.82, 2.24) is 5.32 Å². The Balaban J connectivity index is 2.71. The smallest absolute Gasteiger partial charge is 0.270 e. The molecule has 5 nitrogen and oxygen atoms in total. The standard InChI is InChI=1S/C15H24N2O3/c1-3-5-6-10-20-15-8-7-14(17(18)19)11-13(15)12-16-9-4-2/h7-8,11,16H,3-6,9-10,12H2,1-2H3. The quantitative estimate of drug-likeness (QED) is 0.403. The molecule has 0 saturated carbocycles. The zero-order valence-corrected chi connectivity index (χ0v) is 12.4. The number of rotatable bonds is 10. The fraction of sp³-hybridized carbons (Fsp3) is 0.600. The van der Waals surface area contributed by atoms with E-state index in [0.717, 1.165) is 43.5 Å². The van der Waals surface area contributed by atoms with E-state index in [1.807, 2.05) is 0 Å². The van der Waals surface area contributed by atoms with Crippen molar-refractivity contribution in [2.45, 2.75) is 46.1 Å². The predicted octanol–water partition coefficient (Wildman–Crippen LogP) is 3.66. The topological polar surface area (TPSA) is 64.4 Å². The lowest BCUT2D eigenvalue weighted by Crippen LogP contribution is -2.15. The van der Waals surface area contributed by atoms with Gasteiger partial charge in [-0.1, -0.05) is 26.7 Å². The number of nitrogens with one attached hydrogen (secondary N) is 1. The first-order chi connectivity index (χ1) is 9.69. The second-order valence-electron chi connectivity index (χ2n) is 4.78. The minimum Gasteiger partial charge on any atom is -0.493 e. The number of ether oxygens (including phenoxy) is 1. The largest absolute Gasteiger partial charge is 0.493 e. The molecular weight excluding hydrogens is 256 g/mol. The van der Waals surface area contributed by atoms with E-state index >= 15 is 0 Å². The SMILES string of the molecule is CCCCCOc1ccc([N+](=O)[O-])cc1CNCCC. The van der Waals surface area contributed by atoms with Crippen molar-refractivity contribution in [1.29, 1.82) is 0 Å². The summed E-state index contributed by atoms with van der Waals surface area (Å²) >= 11 is 0. The molecule has 0 aliphatic carbocycles. The lowest BCUT2D eigenvalue weighted by molar-refractivity contribution is -0.384. The lowest BCUT2D eigenvalue weighted by atomic mass is 10.1. The predicted molar refractivity (Wildman–Crippen MR) is 80.1 cm³/mol. The molecule has 1 N–H and O–H groups in total. The third kappa shape index (κ3) is 5.57. The van der Waals surface area contributed by atoms with E-state index < -0.39 is 0 Å². The Bertz CT molecular complexity index is 422. The molecule has 0 aliphatic rings. The molecule has 0 bridgehead atoms. The molecule has 0 heterocycles. The highest BCUT2D eigenvalue weighted by atomic mass is 16.6. The molecule has 112 valence electrons. The third-order valence-electron chi connectivity index (χ3n) is 3.00. The van der Waals surface area contributed by atoms with Crippen LogP contribution in [0.1, 0.15) is 45.1 Å². The van der Waals surface area contributed by atoms with Crippen LogP contribution in [0.3, 0.4) is 0 Å². The van der Waals surface area contributed by atoms with Crippen LogP contribution in [-0.4, -0.2) is 18.1 Å². The Morgan fingerprint density at radius 1 is 1.25 bits per heavy atom. The Labute approximate surface area is 120 Å². The summed E-state index contributed by atoms with van der Waals surface area (Å²) in [4.78, 5) is 10.5. The van der Waals surface area contributed by atoms with Gasteiger partial charge in [0.2, 0.25) is 0 Å². The van der Waals surface area contributed by atoms with Gasteiger partial charge in [0.05, 0.1) is 11.5 Å². The van der Waals surface area contributed by atoms with Gasteiger partial charge in [-0.05, 0) is 25.5 Å². The zero-order valence-electron chi connectivity index (χ0n) is 12.4. The van der Waals surface area contributed by atoms with E-state index in [-0.39, 0.29) is 10.6 Å². The van der Waals surface area contributed by atoms with E-state index in [1.165, 1.54) is 6.07 Å². The van der Waals surface area contributed by atoms with Crippen molar-refractivity contribution >= 4 is 5.69 Å². The lowest BCUT2D eigenvalue weighted by Gasteiger charge is -2.12. The molecule has 1 aromatic rings.